The van der Waals surface area contributed by atoms with Crippen molar-refractivity contribution in [2.75, 3.05) is 44.8 Å². The number of hydrogen-bond acceptors (Lipinski definition) is 6. The Morgan fingerprint density at radius 2 is 1.74 bits per heavy atom. The number of fused-ring (bicyclic) bond motifs is 1. The average Bonchev–Trinajstić information content (AvgIpc) is 2.74. The predicted molar refractivity (Wildman–Crippen MR) is 131 cm³/mol. The van der Waals surface area contributed by atoms with E-state index in [1.54, 1.807) is 6.33 Å². The number of aromatic nitrogens is 2. The summed E-state index contributed by atoms with van der Waals surface area (Å²) in [4.78, 5) is 11.4. The third-order valence-corrected chi connectivity index (χ3v) is 6.04. The Hall–Kier alpha value is -1.34. The van der Waals surface area contributed by atoms with Gasteiger partial charge in [0.05, 0.1) is 25.3 Å². The SMILES string of the molecule is Cl.Cl.c1nc(NC2CCCCCCC2)c2cc(OCCCN3CCOCC3)ccc2n1. The maximum Gasteiger partial charge on any atom is 0.137 e. The minimum atomic E-state index is 0. The standard InChI is InChI=1S/C23H34N4O2.2ClH/c1-2-4-7-19(8-5-3-1)26-23-21-17-20(9-10-22(21)24-18-25-23)29-14-6-11-27-12-15-28-16-13-27;;/h9-10,17-19H,1-8,11-16H2,(H,24,25,26);2*1H. The van der Waals surface area contributed by atoms with Gasteiger partial charge in [-0.15, -0.1) is 24.8 Å². The van der Waals surface area contributed by atoms with Gasteiger partial charge in [-0.1, -0.05) is 32.1 Å². The molecule has 4 rings (SSSR count). The van der Waals surface area contributed by atoms with Crippen molar-refractivity contribution in [2.45, 2.75) is 57.4 Å². The van der Waals surface area contributed by atoms with Crippen LogP contribution in [0.5, 0.6) is 5.75 Å². The summed E-state index contributed by atoms with van der Waals surface area (Å²) in [6, 6.07) is 6.66. The second kappa shape index (κ2) is 13.9. The van der Waals surface area contributed by atoms with Crippen LogP contribution in [0.2, 0.25) is 0 Å². The highest BCUT2D eigenvalue weighted by Gasteiger charge is 2.14. The molecular formula is C23H36Cl2N4O2. The van der Waals surface area contributed by atoms with Crippen molar-refractivity contribution in [2.24, 2.45) is 0 Å². The number of nitrogens with one attached hydrogen (secondary N) is 1. The topological polar surface area (TPSA) is 59.5 Å². The lowest BCUT2D eigenvalue weighted by Crippen LogP contribution is -2.37. The molecule has 2 heterocycles. The van der Waals surface area contributed by atoms with Crippen molar-refractivity contribution in [1.29, 1.82) is 0 Å². The summed E-state index contributed by atoms with van der Waals surface area (Å²) in [7, 11) is 0. The number of halogens is 2. The van der Waals surface area contributed by atoms with E-state index < -0.39 is 0 Å². The molecule has 174 valence electrons. The summed E-state index contributed by atoms with van der Waals surface area (Å²) in [6.07, 6.45) is 11.8. The minimum absolute atomic E-state index is 0. The van der Waals surface area contributed by atoms with Crippen LogP contribution in [0.4, 0.5) is 5.82 Å². The van der Waals surface area contributed by atoms with E-state index in [9.17, 15) is 0 Å². The highest BCUT2D eigenvalue weighted by molar-refractivity contribution is 5.90. The molecule has 0 spiro atoms. The van der Waals surface area contributed by atoms with Gasteiger partial charge < -0.3 is 14.8 Å². The summed E-state index contributed by atoms with van der Waals surface area (Å²) in [5, 5.41) is 4.76. The molecular weight excluding hydrogens is 435 g/mol. The van der Waals surface area contributed by atoms with E-state index in [-0.39, 0.29) is 24.8 Å². The highest BCUT2D eigenvalue weighted by atomic mass is 35.5. The van der Waals surface area contributed by atoms with Gasteiger partial charge in [0.15, 0.2) is 0 Å². The number of nitrogens with zero attached hydrogens (tertiary/aromatic N) is 3. The Morgan fingerprint density at radius 3 is 2.52 bits per heavy atom. The van der Waals surface area contributed by atoms with E-state index >= 15 is 0 Å². The maximum absolute atomic E-state index is 6.05. The summed E-state index contributed by atoms with van der Waals surface area (Å²) < 4.78 is 11.4. The second-order valence-corrected chi connectivity index (χ2v) is 8.24. The molecule has 31 heavy (non-hydrogen) atoms. The van der Waals surface area contributed by atoms with Gasteiger partial charge in [-0.3, -0.25) is 4.90 Å². The molecule has 2 aromatic rings. The van der Waals surface area contributed by atoms with Gasteiger partial charge in [0.1, 0.15) is 17.9 Å². The first-order chi connectivity index (χ1) is 14.4. The Labute approximate surface area is 198 Å². The van der Waals surface area contributed by atoms with Crippen molar-refractivity contribution in [3.05, 3.63) is 24.5 Å². The number of morpholine rings is 1. The molecule has 1 aliphatic heterocycles. The molecule has 8 heteroatoms. The average molecular weight is 471 g/mol. The lowest BCUT2D eigenvalue weighted by molar-refractivity contribution is 0.0358. The van der Waals surface area contributed by atoms with Crippen LogP contribution in [0.1, 0.15) is 51.4 Å². The summed E-state index contributed by atoms with van der Waals surface area (Å²) in [5.74, 6) is 1.84. The fraction of sp³-hybridized carbons (Fsp3) is 0.652. The summed E-state index contributed by atoms with van der Waals surface area (Å²) in [5.41, 5.74) is 0.967. The number of benzene rings is 1. The van der Waals surface area contributed by atoms with Gasteiger partial charge in [0.2, 0.25) is 0 Å². The predicted octanol–water partition coefficient (Wildman–Crippen LogP) is 5.10. The van der Waals surface area contributed by atoms with Crippen molar-refractivity contribution < 1.29 is 9.47 Å². The largest absolute Gasteiger partial charge is 0.494 e. The van der Waals surface area contributed by atoms with Crippen LogP contribution in [0.15, 0.2) is 24.5 Å². The first-order valence-corrected chi connectivity index (χ1v) is 11.3. The van der Waals surface area contributed by atoms with Crippen LogP contribution >= 0.6 is 24.8 Å². The normalized spacial score (nSPS) is 18.3. The van der Waals surface area contributed by atoms with Crippen molar-refractivity contribution in [3.8, 4) is 5.75 Å². The van der Waals surface area contributed by atoms with Crippen LogP contribution in [-0.4, -0.2) is 60.4 Å². The molecule has 6 nitrogen and oxygen atoms in total. The number of hydrogen-bond donors (Lipinski definition) is 1. The maximum atomic E-state index is 6.05. The number of ether oxygens (including phenoxy) is 2. The minimum Gasteiger partial charge on any atom is -0.494 e. The third kappa shape index (κ3) is 7.94. The van der Waals surface area contributed by atoms with Gasteiger partial charge in [-0.05, 0) is 37.5 Å². The molecule has 0 unspecified atom stereocenters. The van der Waals surface area contributed by atoms with E-state index in [4.69, 9.17) is 9.47 Å². The van der Waals surface area contributed by atoms with Gasteiger partial charge in [0, 0.05) is 31.1 Å². The fourth-order valence-electron chi connectivity index (χ4n) is 4.34. The van der Waals surface area contributed by atoms with E-state index in [1.807, 2.05) is 12.1 Å². The molecule has 0 radical (unpaired) electrons. The zero-order valence-electron chi connectivity index (χ0n) is 18.3. The van der Waals surface area contributed by atoms with Crippen molar-refractivity contribution in [1.82, 2.24) is 14.9 Å². The molecule has 0 atom stereocenters. The Kier molecular flexibility index (Phi) is 11.7. The highest BCUT2D eigenvalue weighted by Crippen LogP contribution is 2.27. The quantitative estimate of drug-likeness (QED) is 0.567. The zero-order valence-corrected chi connectivity index (χ0v) is 19.9. The van der Waals surface area contributed by atoms with E-state index in [0.717, 1.165) is 68.3 Å². The second-order valence-electron chi connectivity index (χ2n) is 8.24. The van der Waals surface area contributed by atoms with Gasteiger partial charge in [0.25, 0.3) is 0 Å². The van der Waals surface area contributed by atoms with Gasteiger partial charge in [-0.25, -0.2) is 9.97 Å². The molecule has 0 bridgehead atoms. The summed E-state index contributed by atoms with van der Waals surface area (Å²) >= 11 is 0. The fourth-order valence-corrected chi connectivity index (χ4v) is 4.34. The lowest BCUT2D eigenvalue weighted by atomic mass is 9.96. The van der Waals surface area contributed by atoms with E-state index in [2.05, 4.69) is 26.3 Å². The van der Waals surface area contributed by atoms with Crippen LogP contribution in [0.3, 0.4) is 0 Å². The van der Waals surface area contributed by atoms with Crippen LogP contribution in [0, 0.1) is 0 Å². The third-order valence-electron chi connectivity index (χ3n) is 6.04. The monoisotopic (exact) mass is 470 g/mol. The molecule has 0 amide bonds. The first-order valence-electron chi connectivity index (χ1n) is 11.3. The molecule has 1 N–H and O–H groups in total. The summed E-state index contributed by atoms with van der Waals surface area (Å²) in [6.45, 7) is 5.55. The molecule has 1 aliphatic carbocycles. The number of rotatable bonds is 7. The Morgan fingerprint density at radius 1 is 1.00 bits per heavy atom. The van der Waals surface area contributed by atoms with E-state index in [1.165, 1.54) is 44.9 Å². The molecule has 1 saturated heterocycles. The first kappa shape index (κ1) is 25.9. The molecule has 1 saturated carbocycles. The van der Waals surface area contributed by atoms with Gasteiger partial charge >= 0.3 is 0 Å². The smallest absolute Gasteiger partial charge is 0.137 e. The van der Waals surface area contributed by atoms with Crippen molar-refractivity contribution >= 4 is 41.5 Å². The van der Waals surface area contributed by atoms with Crippen molar-refractivity contribution in [3.63, 3.8) is 0 Å². The molecule has 2 fully saturated rings. The van der Waals surface area contributed by atoms with Gasteiger partial charge in [-0.2, -0.15) is 0 Å². The Bertz CT molecular complexity index is 766. The molecule has 1 aromatic carbocycles. The van der Waals surface area contributed by atoms with E-state index in [0.29, 0.717) is 6.04 Å². The number of anilines is 1. The zero-order chi connectivity index (χ0) is 19.7. The Balaban J connectivity index is 0.00000171. The van der Waals surface area contributed by atoms with Crippen LogP contribution in [-0.2, 0) is 4.74 Å². The van der Waals surface area contributed by atoms with Crippen LogP contribution < -0.4 is 10.1 Å². The lowest BCUT2D eigenvalue weighted by Gasteiger charge is -2.26. The van der Waals surface area contributed by atoms with Crippen LogP contribution in [0.25, 0.3) is 10.9 Å². The molecule has 1 aromatic heterocycles. The molecule has 2 aliphatic rings.